The highest BCUT2D eigenvalue weighted by atomic mass is 32.1. The Morgan fingerprint density at radius 2 is 2.43 bits per heavy atom. The summed E-state index contributed by atoms with van der Waals surface area (Å²) in [6.45, 7) is 3.34. The second-order valence-electron chi connectivity index (χ2n) is 4.61. The van der Waals surface area contributed by atoms with Gasteiger partial charge in [0.25, 0.3) is 0 Å². The Morgan fingerprint density at radius 3 is 3.14 bits per heavy atom. The van der Waals surface area contributed by atoms with E-state index in [2.05, 4.69) is 15.6 Å². The van der Waals surface area contributed by atoms with Crippen molar-refractivity contribution in [2.75, 3.05) is 25.1 Å². The lowest BCUT2D eigenvalue weighted by molar-refractivity contribution is -0.121. The van der Waals surface area contributed by atoms with Gasteiger partial charge in [-0.25, -0.2) is 9.78 Å². The number of nitrogens with one attached hydrogen (secondary N) is 2. The van der Waals surface area contributed by atoms with Gasteiger partial charge in [0.15, 0.2) is 5.13 Å². The van der Waals surface area contributed by atoms with E-state index in [1.807, 2.05) is 0 Å². The van der Waals surface area contributed by atoms with Gasteiger partial charge in [-0.1, -0.05) is 0 Å². The number of rotatable bonds is 6. The third kappa shape index (κ3) is 5.31. The summed E-state index contributed by atoms with van der Waals surface area (Å²) in [4.78, 5) is 27.2. The van der Waals surface area contributed by atoms with Crippen molar-refractivity contribution in [2.24, 2.45) is 0 Å². The molecule has 0 aliphatic carbocycles. The molecule has 2 N–H and O–H groups in total. The number of carbonyl (C=O) groups excluding carboxylic acids is 2. The van der Waals surface area contributed by atoms with Crippen molar-refractivity contribution >= 4 is 28.5 Å². The number of aromatic nitrogens is 1. The molecule has 116 valence electrons. The molecule has 21 heavy (non-hydrogen) atoms. The average molecular weight is 313 g/mol. The zero-order valence-corrected chi connectivity index (χ0v) is 12.7. The highest BCUT2D eigenvalue weighted by Gasteiger charge is 2.16. The molecule has 0 spiro atoms. The van der Waals surface area contributed by atoms with E-state index in [1.165, 1.54) is 11.3 Å². The zero-order chi connectivity index (χ0) is 15.1. The predicted octanol–water partition coefficient (Wildman–Crippen LogP) is 1.55. The van der Waals surface area contributed by atoms with E-state index in [1.54, 1.807) is 12.3 Å². The van der Waals surface area contributed by atoms with Gasteiger partial charge in [-0.2, -0.15) is 0 Å². The van der Waals surface area contributed by atoms with E-state index >= 15 is 0 Å². The third-order valence-electron chi connectivity index (χ3n) is 2.93. The van der Waals surface area contributed by atoms with Gasteiger partial charge in [0.1, 0.15) is 0 Å². The first-order chi connectivity index (χ1) is 10.2. The molecule has 2 rings (SSSR count). The first-order valence-corrected chi connectivity index (χ1v) is 7.82. The molecule has 2 heterocycles. The molecule has 1 aliphatic rings. The van der Waals surface area contributed by atoms with E-state index in [0.29, 0.717) is 24.0 Å². The summed E-state index contributed by atoms with van der Waals surface area (Å²) in [7, 11) is 0. The Hall–Kier alpha value is -1.67. The normalized spacial score (nSPS) is 17.5. The van der Waals surface area contributed by atoms with Gasteiger partial charge in [0.2, 0.25) is 5.91 Å². The molecule has 1 saturated heterocycles. The van der Waals surface area contributed by atoms with E-state index in [-0.39, 0.29) is 18.4 Å². The summed E-state index contributed by atoms with van der Waals surface area (Å²) < 4.78 is 10.2. The van der Waals surface area contributed by atoms with Crippen LogP contribution >= 0.6 is 11.3 Å². The van der Waals surface area contributed by atoms with E-state index in [4.69, 9.17) is 9.47 Å². The molecular weight excluding hydrogens is 294 g/mol. The van der Waals surface area contributed by atoms with Crippen molar-refractivity contribution in [3.8, 4) is 0 Å². The van der Waals surface area contributed by atoms with Crippen molar-refractivity contribution in [2.45, 2.75) is 32.3 Å². The Balaban J connectivity index is 1.73. The SMILES string of the molecule is CCOC(=O)Nc1nc(CC(=O)NCC2CCCO2)cs1. The second-order valence-corrected chi connectivity index (χ2v) is 5.46. The number of carbonyl (C=O) groups is 2. The largest absolute Gasteiger partial charge is 0.450 e. The van der Waals surface area contributed by atoms with Crippen molar-refractivity contribution in [1.82, 2.24) is 10.3 Å². The average Bonchev–Trinajstić information content (AvgIpc) is 3.08. The van der Waals surface area contributed by atoms with Crippen LogP contribution in [0.2, 0.25) is 0 Å². The molecular formula is C13H19N3O4S. The maximum absolute atomic E-state index is 11.8. The second kappa shape index (κ2) is 7.94. The molecule has 2 amide bonds. The molecule has 0 radical (unpaired) electrons. The number of anilines is 1. The van der Waals surface area contributed by atoms with Crippen molar-refractivity contribution in [1.29, 1.82) is 0 Å². The molecule has 7 nitrogen and oxygen atoms in total. The lowest BCUT2D eigenvalue weighted by atomic mass is 10.2. The van der Waals surface area contributed by atoms with Crippen LogP contribution in [-0.4, -0.2) is 42.8 Å². The van der Waals surface area contributed by atoms with Crippen LogP contribution in [0.15, 0.2) is 5.38 Å². The summed E-state index contributed by atoms with van der Waals surface area (Å²) in [5.41, 5.74) is 0.622. The van der Waals surface area contributed by atoms with Gasteiger partial charge in [-0.3, -0.25) is 10.1 Å². The van der Waals surface area contributed by atoms with E-state index in [0.717, 1.165) is 19.4 Å². The lowest BCUT2D eigenvalue weighted by Crippen LogP contribution is -2.32. The molecule has 1 aromatic rings. The van der Waals surface area contributed by atoms with Crippen LogP contribution < -0.4 is 10.6 Å². The number of amides is 2. The molecule has 1 aromatic heterocycles. The molecule has 1 atom stereocenters. The first kappa shape index (κ1) is 15.7. The summed E-state index contributed by atoms with van der Waals surface area (Å²) in [6, 6.07) is 0. The van der Waals surface area contributed by atoms with Crippen molar-refractivity contribution in [3.05, 3.63) is 11.1 Å². The minimum Gasteiger partial charge on any atom is -0.450 e. The molecule has 8 heteroatoms. The van der Waals surface area contributed by atoms with Crippen molar-refractivity contribution in [3.63, 3.8) is 0 Å². The maximum Gasteiger partial charge on any atom is 0.413 e. The van der Waals surface area contributed by atoms with Crippen LogP contribution in [0.25, 0.3) is 0 Å². The Morgan fingerprint density at radius 1 is 1.57 bits per heavy atom. The minimum absolute atomic E-state index is 0.0986. The van der Waals surface area contributed by atoms with Gasteiger partial charge in [0.05, 0.1) is 24.8 Å². The Bertz CT molecular complexity index is 486. The fraction of sp³-hybridized carbons (Fsp3) is 0.615. The number of ether oxygens (including phenoxy) is 2. The number of hydrogen-bond acceptors (Lipinski definition) is 6. The fourth-order valence-corrected chi connectivity index (χ4v) is 2.66. The van der Waals surface area contributed by atoms with Gasteiger partial charge < -0.3 is 14.8 Å². The van der Waals surface area contributed by atoms with Gasteiger partial charge in [-0.05, 0) is 19.8 Å². The summed E-state index contributed by atoms with van der Waals surface area (Å²) >= 11 is 1.26. The van der Waals surface area contributed by atoms with Gasteiger partial charge in [-0.15, -0.1) is 11.3 Å². The summed E-state index contributed by atoms with van der Waals surface area (Å²) in [5.74, 6) is -0.0986. The van der Waals surface area contributed by atoms with Crippen LogP contribution in [0.1, 0.15) is 25.5 Å². The van der Waals surface area contributed by atoms with Crippen LogP contribution in [0, 0.1) is 0 Å². The number of thiazole rings is 1. The molecule has 0 aromatic carbocycles. The van der Waals surface area contributed by atoms with Gasteiger partial charge >= 0.3 is 6.09 Å². The minimum atomic E-state index is -0.541. The maximum atomic E-state index is 11.8. The van der Waals surface area contributed by atoms with E-state index < -0.39 is 6.09 Å². The van der Waals surface area contributed by atoms with Gasteiger partial charge in [0, 0.05) is 18.5 Å². The monoisotopic (exact) mass is 313 g/mol. The smallest absolute Gasteiger partial charge is 0.413 e. The Kier molecular flexibility index (Phi) is 5.94. The quantitative estimate of drug-likeness (QED) is 0.831. The number of hydrogen-bond donors (Lipinski definition) is 2. The molecule has 1 fully saturated rings. The fourth-order valence-electron chi connectivity index (χ4n) is 1.96. The predicted molar refractivity (Wildman–Crippen MR) is 78.4 cm³/mol. The first-order valence-electron chi connectivity index (χ1n) is 6.94. The summed E-state index contributed by atoms with van der Waals surface area (Å²) in [5, 5.41) is 7.51. The molecule has 1 aliphatic heterocycles. The third-order valence-corrected chi connectivity index (χ3v) is 3.74. The Labute approximate surface area is 127 Å². The standard InChI is InChI=1S/C13H19N3O4S/c1-2-19-13(18)16-12-15-9(8-21-12)6-11(17)14-7-10-4-3-5-20-10/h8,10H,2-7H2,1H3,(H,14,17)(H,15,16,18). The van der Waals surface area contributed by atoms with Crippen LogP contribution in [0.4, 0.5) is 9.93 Å². The lowest BCUT2D eigenvalue weighted by Gasteiger charge is -2.09. The zero-order valence-electron chi connectivity index (χ0n) is 11.9. The summed E-state index contributed by atoms with van der Waals surface area (Å²) in [6.07, 6.45) is 1.82. The highest BCUT2D eigenvalue weighted by Crippen LogP contribution is 2.16. The molecule has 0 bridgehead atoms. The topological polar surface area (TPSA) is 89.5 Å². The van der Waals surface area contributed by atoms with Crippen LogP contribution in [-0.2, 0) is 20.7 Å². The highest BCUT2D eigenvalue weighted by molar-refractivity contribution is 7.13. The van der Waals surface area contributed by atoms with Crippen molar-refractivity contribution < 1.29 is 19.1 Å². The number of nitrogens with zero attached hydrogens (tertiary/aromatic N) is 1. The molecule has 1 unspecified atom stereocenters. The van der Waals surface area contributed by atoms with Crippen LogP contribution in [0.3, 0.4) is 0 Å². The molecule has 0 saturated carbocycles. The van der Waals surface area contributed by atoms with Crippen LogP contribution in [0.5, 0.6) is 0 Å². The van der Waals surface area contributed by atoms with E-state index in [9.17, 15) is 9.59 Å².